The summed E-state index contributed by atoms with van der Waals surface area (Å²) >= 11 is 5.87. The lowest BCUT2D eigenvalue weighted by molar-refractivity contribution is -0.135. The molecule has 1 atom stereocenters. The van der Waals surface area contributed by atoms with Gasteiger partial charge in [-0.2, -0.15) is 18.4 Å². The minimum absolute atomic E-state index is 0.0850. The van der Waals surface area contributed by atoms with Crippen molar-refractivity contribution in [3.05, 3.63) is 28.8 Å². The van der Waals surface area contributed by atoms with E-state index in [1.54, 1.807) is 18.2 Å². The molecule has 104 valence electrons. The molecule has 0 saturated carbocycles. The van der Waals surface area contributed by atoms with Crippen LogP contribution in [0.5, 0.6) is 0 Å². The van der Waals surface area contributed by atoms with Gasteiger partial charge < -0.3 is 5.32 Å². The molecule has 0 bridgehead atoms. The lowest BCUT2D eigenvalue weighted by Crippen LogP contribution is -2.16. The van der Waals surface area contributed by atoms with Crippen LogP contribution in [0.15, 0.2) is 18.2 Å². The van der Waals surface area contributed by atoms with Crippen molar-refractivity contribution >= 4 is 17.3 Å². The summed E-state index contributed by atoms with van der Waals surface area (Å²) in [6.45, 7) is 1.81. The Morgan fingerprint density at radius 1 is 1.42 bits per heavy atom. The molecule has 0 radical (unpaired) electrons. The molecule has 0 spiro atoms. The van der Waals surface area contributed by atoms with Gasteiger partial charge in [0.15, 0.2) is 0 Å². The Balaban J connectivity index is 2.47. The first-order valence-corrected chi connectivity index (χ1v) is 6.22. The Morgan fingerprint density at radius 3 is 2.63 bits per heavy atom. The van der Waals surface area contributed by atoms with E-state index >= 15 is 0 Å². The number of nitrogens with zero attached hydrogens (tertiary/aromatic N) is 1. The van der Waals surface area contributed by atoms with Crippen LogP contribution in [0.25, 0.3) is 0 Å². The van der Waals surface area contributed by atoms with Gasteiger partial charge in [0.25, 0.3) is 0 Å². The summed E-state index contributed by atoms with van der Waals surface area (Å²) in [5, 5.41) is 12.1. The predicted molar refractivity (Wildman–Crippen MR) is 69.2 cm³/mol. The topological polar surface area (TPSA) is 35.8 Å². The normalized spacial score (nSPS) is 12.8. The van der Waals surface area contributed by atoms with E-state index in [9.17, 15) is 13.2 Å². The fourth-order valence-corrected chi connectivity index (χ4v) is 1.88. The maximum Gasteiger partial charge on any atom is 0.389 e. The second-order valence-corrected chi connectivity index (χ2v) is 4.77. The lowest BCUT2D eigenvalue weighted by atomic mass is 10.1. The monoisotopic (exact) mass is 290 g/mol. The average Bonchev–Trinajstić information content (AvgIpc) is 2.27. The minimum Gasteiger partial charge on any atom is -0.383 e. The number of anilines is 1. The van der Waals surface area contributed by atoms with Gasteiger partial charge in [0.05, 0.1) is 10.6 Å². The molecule has 0 saturated heterocycles. The van der Waals surface area contributed by atoms with Crippen molar-refractivity contribution in [2.45, 2.75) is 38.4 Å². The van der Waals surface area contributed by atoms with Gasteiger partial charge in [-0.1, -0.05) is 11.6 Å². The molecule has 0 aliphatic carbocycles. The lowest BCUT2D eigenvalue weighted by Gasteiger charge is -2.16. The standard InChI is InChI=1S/C13H14ClF3N2/c1-9(3-2-6-13(15,16)17)19-11-5-4-10(8-18)12(14)7-11/h4-5,7,9,19H,2-3,6H2,1H3. The van der Waals surface area contributed by atoms with Crippen molar-refractivity contribution in [2.24, 2.45) is 0 Å². The molecule has 6 heteroatoms. The summed E-state index contributed by atoms with van der Waals surface area (Å²) in [7, 11) is 0. The zero-order chi connectivity index (χ0) is 14.5. The first-order valence-electron chi connectivity index (χ1n) is 5.85. The molecule has 2 nitrogen and oxygen atoms in total. The van der Waals surface area contributed by atoms with Crippen molar-refractivity contribution in [2.75, 3.05) is 5.32 Å². The largest absolute Gasteiger partial charge is 0.389 e. The Bertz CT molecular complexity index is 466. The zero-order valence-electron chi connectivity index (χ0n) is 10.4. The molecule has 1 N–H and O–H groups in total. The van der Waals surface area contributed by atoms with Crippen molar-refractivity contribution in [1.29, 1.82) is 5.26 Å². The molecule has 1 aromatic carbocycles. The van der Waals surface area contributed by atoms with Gasteiger partial charge in [-0.25, -0.2) is 0 Å². The Morgan fingerprint density at radius 2 is 2.11 bits per heavy atom. The molecule has 1 rings (SSSR count). The third kappa shape index (κ3) is 5.84. The smallest absolute Gasteiger partial charge is 0.383 e. The molecule has 0 aliphatic heterocycles. The molecule has 0 fully saturated rings. The molecule has 0 amide bonds. The molecule has 1 unspecified atom stereocenters. The Hall–Kier alpha value is -1.41. The molecular formula is C13H14ClF3N2. The zero-order valence-corrected chi connectivity index (χ0v) is 11.1. The van der Waals surface area contributed by atoms with E-state index in [4.69, 9.17) is 16.9 Å². The quantitative estimate of drug-likeness (QED) is 0.850. The molecule has 0 heterocycles. The summed E-state index contributed by atoms with van der Waals surface area (Å²) in [6, 6.07) is 6.71. The van der Waals surface area contributed by atoms with Gasteiger partial charge in [0.1, 0.15) is 6.07 Å². The highest BCUT2D eigenvalue weighted by molar-refractivity contribution is 6.32. The summed E-state index contributed by atoms with van der Waals surface area (Å²) in [6.07, 6.45) is -4.37. The van der Waals surface area contributed by atoms with E-state index in [0.717, 1.165) is 0 Å². The first-order chi connectivity index (χ1) is 8.81. The van der Waals surface area contributed by atoms with Gasteiger partial charge in [0.2, 0.25) is 0 Å². The molecule has 19 heavy (non-hydrogen) atoms. The highest BCUT2D eigenvalue weighted by atomic mass is 35.5. The van der Waals surface area contributed by atoms with E-state index in [1.165, 1.54) is 0 Å². The average molecular weight is 291 g/mol. The van der Waals surface area contributed by atoms with E-state index in [2.05, 4.69) is 5.32 Å². The highest BCUT2D eigenvalue weighted by Crippen LogP contribution is 2.24. The SMILES string of the molecule is CC(CCCC(F)(F)F)Nc1ccc(C#N)c(Cl)c1. The Labute approximate surface area is 115 Å². The summed E-state index contributed by atoms with van der Waals surface area (Å²) in [5.41, 5.74) is 1.07. The number of hydrogen-bond donors (Lipinski definition) is 1. The molecular weight excluding hydrogens is 277 g/mol. The third-order valence-electron chi connectivity index (χ3n) is 2.60. The van der Waals surface area contributed by atoms with Crippen LogP contribution in [0.4, 0.5) is 18.9 Å². The van der Waals surface area contributed by atoms with Crippen LogP contribution in [0, 0.1) is 11.3 Å². The van der Waals surface area contributed by atoms with Crippen LogP contribution in [-0.4, -0.2) is 12.2 Å². The molecule has 1 aromatic rings. The first kappa shape index (κ1) is 15.6. The van der Waals surface area contributed by atoms with Crippen LogP contribution in [0.3, 0.4) is 0 Å². The van der Waals surface area contributed by atoms with Crippen molar-refractivity contribution in [3.8, 4) is 6.07 Å². The van der Waals surface area contributed by atoms with Crippen LogP contribution in [0.1, 0.15) is 31.7 Å². The van der Waals surface area contributed by atoms with Crippen LogP contribution in [-0.2, 0) is 0 Å². The predicted octanol–water partition coefficient (Wildman–Crippen LogP) is 4.74. The van der Waals surface area contributed by atoms with Gasteiger partial charge >= 0.3 is 6.18 Å². The van der Waals surface area contributed by atoms with Crippen LogP contribution in [0.2, 0.25) is 5.02 Å². The number of benzene rings is 1. The molecule has 0 aromatic heterocycles. The van der Waals surface area contributed by atoms with Crippen molar-refractivity contribution < 1.29 is 13.2 Å². The number of hydrogen-bond acceptors (Lipinski definition) is 2. The van der Waals surface area contributed by atoms with Gasteiger partial charge in [-0.05, 0) is 38.0 Å². The minimum atomic E-state index is -4.10. The number of alkyl halides is 3. The van der Waals surface area contributed by atoms with E-state index in [-0.39, 0.29) is 12.5 Å². The van der Waals surface area contributed by atoms with E-state index < -0.39 is 12.6 Å². The van der Waals surface area contributed by atoms with Crippen molar-refractivity contribution in [3.63, 3.8) is 0 Å². The number of nitriles is 1. The fraction of sp³-hybridized carbons (Fsp3) is 0.462. The maximum atomic E-state index is 12.0. The number of halogens is 4. The van der Waals surface area contributed by atoms with Crippen LogP contribution < -0.4 is 5.32 Å². The van der Waals surface area contributed by atoms with E-state index in [0.29, 0.717) is 22.7 Å². The maximum absolute atomic E-state index is 12.0. The van der Waals surface area contributed by atoms with Gasteiger partial charge in [-0.15, -0.1) is 0 Å². The second kappa shape index (κ2) is 6.67. The number of rotatable bonds is 5. The van der Waals surface area contributed by atoms with Gasteiger partial charge in [-0.3, -0.25) is 0 Å². The number of nitrogens with one attached hydrogen (secondary N) is 1. The van der Waals surface area contributed by atoms with Crippen molar-refractivity contribution in [1.82, 2.24) is 0 Å². The third-order valence-corrected chi connectivity index (χ3v) is 2.91. The molecule has 0 aliphatic rings. The van der Waals surface area contributed by atoms with Gasteiger partial charge in [0, 0.05) is 18.2 Å². The second-order valence-electron chi connectivity index (χ2n) is 4.36. The highest BCUT2D eigenvalue weighted by Gasteiger charge is 2.26. The van der Waals surface area contributed by atoms with E-state index in [1.807, 2.05) is 13.0 Å². The Kier molecular flexibility index (Phi) is 5.49. The summed E-state index contributed by atoms with van der Waals surface area (Å²) in [5.74, 6) is 0. The van der Waals surface area contributed by atoms with Crippen LogP contribution >= 0.6 is 11.6 Å². The fourth-order valence-electron chi connectivity index (χ4n) is 1.66. The summed E-state index contributed by atoms with van der Waals surface area (Å²) in [4.78, 5) is 0. The summed E-state index contributed by atoms with van der Waals surface area (Å²) < 4.78 is 36.0.